The monoisotopic (exact) mass is 405 g/mol. The maximum Gasteiger partial charge on any atom is 0.273 e. The zero-order valence-corrected chi connectivity index (χ0v) is 15.8. The normalized spacial score (nSPS) is 12.6. The van der Waals surface area contributed by atoms with Crippen LogP contribution in [0.5, 0.6) is 0 Å². The zero-order valence-electron chi connectivity index (χ0n) is 14.2. The third-order valence-electron chi connectivity index (χ3n) is 3.93. The van der Waals surface area contributed by atoms with E-state index in [0.717, 1.165) is 11.1 Å². The first-order valence-corrected chi connectivity index (χ1v) is 9.83. The summed E-state index contributed by atoms with van der Waals surface area (Å²) < 4.78 is 27.8. The molecular weight excluding hydrogens is 390 g/mol. The van der Waals surface area contributed by atoms with Crippen LogP contribution in [0.2, 0.25) is 5.02 Å². The lowest BCUT2D eigenvalue weighted by molar-refractivity contribution is 0.0931. The molecule has 1 atom stereocenters. The first kappa shape index (κ1) is 19.1. The van der Waals surface area contributed by atoms with Crippen molar-refractivity contribution in [3.63, 3.8) is 0 Å². The third-order valence-corrected chi connectivity index (χ3v) is 5.11. The van der Waals surface area contributed by atoms with Crippen LogP contribution in [0.4, 0.5) is 0 Å². The molecule has 0 spiro atoms. The lowest BCUT2D eigenvalue weighted by Gasteiger charge is -2.13. The van der Waals surface area contributed by atoms with Crippen LogP contribution in [0.3, 0.4) is 0 Å². The number of aromatic nitrogens is 1. The molecule has 1 amide bonds. The summed E-state index contributed by atoms with van der Waals surface area (Å²) in [7, 11) is -3.76. The highest BCUT2D eigenvalue weighted by atomic mass is 35.5. The van der Waals surface area contributed by atoms with Gasteiger partial charge in [-0.3, -0.25) is 4.79 Å². The van der Waals surface area contributed by atoms with Gasteiger partial charge in [0.25, 0.3) is 5.91 Å². The summed E-state index contributed by atoms with van der Waals surface area (Å²) in [5.41, 5.74) is 1.60. The van der Waals surface area contributed by atoms with Crippen LogP contribution in [-0.2, 0) is 10.0 Å². The fraction of sp³-hybridized carbons (Fsp3) is 0.111. The number of nitrogens with zero attached hydrogens (tertiary/aromatic N) is 1. The van der Waals surface area contributed by atoms with Crippen molar-refractivity contribution in [3.05, 3.63) is 70.9 Å². The van der Waals surface area contributed by atoms with Gasteiger partial charge in [0.15, 0.2) is 11.5 Å². The third kappa shape index (κ3) is 4.54. The zero-order chi connectivity index (χ0) is 19.6. The van der Waals surface area contributed by atoms with Crippen LogP contribution in [0.15, 0.2) is 64.0 Å². The van der Waals surface area contributed by atoms with Crippen LogP contribution in [0.1, 0.15) is 29.0 Å². The Morgan fingerprint density at radius 2 is 1.78 bits per heavy atom. The number of amides is 1. The molecule has 9 heteroatoms. The Bertz CT molecular complexity index is 1060. The van der Waals surface area contributed by atoms with Gasteiger partial charge >= 0.3 is 0 Å². The molecule has 27 heavy (non-hydrogen) atoms. The molecule has 0 unspecified atom stereocenters. The molecule has 7 nitrogen and oxygen atoms in total. The molecule has 0 saturated heterocycles. The van der Waals surface area contributed by atoms with Gasteiger partial charge < -0.3 is 9.84 Å². The number of nitrogens with two attached hydrogens (primary N) is 1. The molecule has 3 aromatic rings. The minimum absolute atomic E-state index is 0.00823. The Kier molecular flexibility index (Phi) is 5.31. The molecule has 0 radical (unpaired) electrons. The molecular formula is C18H16ClN3O4S. The number of carbonyl (C=O) groups excluding carboxylic acids is 1. The maximum atomic E-state index is 12.4. The fourth-order valence-electron chi connectivity index (χ4n) is 2.43. The number of carbonyl (C=O) groups is 1. The van der Waals surface area contributed by atoms with E-state index in [2.05, 4.69) is 10.5 Å². The van der Waals surface area contributed by atoms with Gasteiger partial charge in [0.2, 0.25) is 10.0 Å². The van der Waals surface area contributed by atoms with Crippen molar-refractivity contribution in [2.24, 2.45) is 5.14 Å². The average molecular weight is 406 g/mol. The number of rotatable bonds is 5. The summed E-state index contributed by atoms with van der Waals surface area (Å²) >= 11 is 5.85. The lowest BCUT2D eigenvalue weighted by atomic mass is 10.1. The van der Waals surface area contributed by atoms with Gasteiger partial charge in [-0.15, -0.1) is 0 Å². The van der Waals surface area contributed by atoms with E-state index in [0.29, 0.717) is 10.8 Å². The average Bonchev–Trinajstić information content (AvgIpc) is 3.12. The smallest absolute Gasteiger partial charge is 0.273 e. The molecule has 3 rings (SSSR count). The Balaban J connectivity index is 1.71. The van der Waals surface area contributed by atoms with E-state index in [1.807, 2.05) is 0 Å². The highest BCUT2D eigenvalue weighted by Gasteiger charge is 2.17. The van der Waals surface area contributed by atoms with Crippen LogP contribution in [-0.4, -0.2) is 19.5 Å². The molecule has 1 heterocycles. The first-order valence-electron chi connectivity index (χ1n) is 7.90. The van der Waals surface area contributed by atoms with Crippen molar-refractivity contribution in [2.45, 2.75) is 17.9 Å². The molecule has 0 bridgehead atoms. The molecule has 3 N–H and O–H groups in total. The topological polar surface area (TPSA) is 115 Å². The summed E-state index contributed by atoms with van der Waals surface area (Å²) in [6.45, 7) is 1.77. The second-order valence-corrected chi connectivity index (χ2v) is 7.89. The summed E-state index contributed by atoms with van der Waals surface area (Å²) in [6.07, 6.45) is 0. The molecule has 0 fully saturated rings. The van der Waals surface area contributed by atoms with Gasteiger partial charge in [0.1, 0.15) is 0 Å². The molecule has 2 aromatic carbocycles. The highest BCUT2D eigenvalue weighted by Crippen LogP contribution is 2.23. The Morgan fingerprint density at radius 3 is 2.37 bits per heavy atom. The lowest BCUT2D eigenvalue weighted by Crippen LogP contribution is -2.26. The second kappa shape index (κ2) is 7.51. The van der Waals surface area contributed by atoms with Gasteiger partial charge in [0, 0.05) is 16.7 Å². The van der Waals surface area contributed by atoms with Crippen molar-refractivity contribution < 1.29 is 17.7 Å². The van der Waals surface area contributed by atoms with Crippen molar-refractivity contribution in [2.75, 3.05) is 0 Å². The predicted octanol–water partition coefficient (Wildman–Crippen LogP) is 3.13. The van der Waals surface area contributed by atoms with E-state index in [1.165, 1.54) is 18.2 Å². The van der Waals surface area contributed by atoms with Gasteiger partial charge in [0.05, 0.1) is 10.9 Å². The number of sulfonamides is 1. The van der Waals surface area contributed by atoms with Crippen LogP contribution in [0, 0.1) is 0 Å². The van der Waals surface area contributed by atoms with E-state index in [-0.39, 0.29) is 16.6 Å². The molecule has 0 aliphatic rings. The summed E-state index contributed by atoms with van der Waals surface area (Å²) in [5, 5.41) is 12.2. The van der Waals surface area contributed by atoms with Crippen LogP contribution < -0.4 is 10.5 Å². The van der Waals surface area contributed by atoms with Crippen molar-refractivity contribution in [1.29, 1.82) is 0 Å². The molecule has 0 aliphatic carbocycles. The van der Waals surface area contributed by atoms with Crippen molar-refractivity contribution in [3.8, 4) is 11.3 Å². The van der Waals surface area contributed by atoms with E-state index in [4.69, 9.17) is 21.3 Å². The first-order chi connectivity index (χ1) is 12.7. The Hall–Kier alpha value is -2.68. The van der Waals surface area contributed by atoms with Gasteiger partial charge in [-0.25, -0.2) is 13.6 Å². The molecule has 0 aliphatic heterocycles. The van der Waals surface area contributed by atoms with Crippen LogP contribution >= 0.6 is 11.6 Å². The number of halogens is 1. The van der Waals surface area contributed by atoms with Crippen molar-refractivity contribution >= 4 is 27.5 Å². The highest BCUT2D eigenvalue weighted by molar-refractivity contribution is 7.89. The van der Waals surface area contributed by atoms with E-state index in [9.17, 15) is 13.2 Å². The van der Waals surface area contributed by atoms with Gasteiger partial charge in [-0.1, -0.05) is 28.9 Å². The largest absolute Gasteiger partial charge is 0.355 e. The molecule has 1 aromatic heterocycles. The standard InChI is InChI=1S/C18H16ClN3O4S/c1-11(12-4-8-15(9-5-12)27(20,24)25)21-18(23)16-10-17(26-22-16)13-2-6-14(19)7-3-13/h2-11H,1H3,(H,21,23)(H2,20,24,25)/t11-/m0/s1. The minimum atomic E-state index is -3.76. The number of hydrogen-bond acceptors (Lipinski definition) is 5. The van der Waals surface area contributed by atoms with E-state index in [1.54, 1.807) is 43.3 Å². The fourth-order valence-corrected chi connectivity index (χ4v) is 3.07. The second-order valence-electron chi connectivity index (χ2n) is 5.89. The number of primary sulfonamides is 1. The van der Waals surface area contributed by atoms with Gasteiger partial charge in [-0.05, 0) is 48.9 Å². The number of hydrogen-bond donors (Lipinski definition) is 2. The summed E-state index contributed by atoms with van der Waals surface area (Å²) in [4.78, 5) is 12.4. The minimum Gasteiger partial charge on any atom is -0.355 e. The summed E-state index contributed by atoms with van der Waals surface area (Å²) in [6, 6.07) is 14.1. The number of nitrogens with one attached hydrogen (secondary N) is 1. The Labute approximate surface area is 161 Å². The quantitative estimate of drug-likeness (QED) is 0.676. The number of benzene rings is 2. The van der Waals surface area contributed by atoms with Crippen LogP contribution in [0.25, 0.3) is 11.3 Å². The molecule has 140 valence electrons. The molecule has 0 saturated carbocycles. The van der Waals surface area contributed by atoms with Gasteiger partial charge in [-0.2, -0.15) is 0 Å². The summed E-state index contributed by atoms with van der Waals surface area (Å²) in [5.74, 6) is 0.0314. The van der Waals surface area contributed by atoms with E-state index >= 15 is 0 Å². The maximum absolute atomic E-state index is 12.4. The predicted molar refractivity (Wildman–Crippen MR) is 101 cm³/mol. The van der Waals surface area contributed by atoms with E-state index < -0.39 is 15.9 Å². The SMILES string of the molecule is C[C@H](NC(=O)c1cc(-c2ccc(Cl)cc2)on1)c1ccc(S(N)(=O)=O)cc1. The Morgan fingerprint density at radius 1 is 1.15 bits per heavy atom. The van der Waals surface area contributed by atoms with Crippen molar-refractivity contribution in [1.82, 2.24) is 10.5 Å².